The van der Waals surface area contributed by atoms with Crippen LogP contribution in [0.25, 0.3) is 22.1 Å². The summed E-state index contributed by atoms with van der Waals surface area (Å²) in [5.74, 6) is -0.953. The molecule has 8 heteroatoms. The monoisotopic (exact) mass is 460 g/mol. The van der Waals surface area contributed by atoms with Gasteiger partial charge in [-0.15, -0.1) is 0 Å². The highest BCUT2D eigenvalue weighted by Gasteiger charge is 2.25. The largest absolute Gasteiger partial charge is 0.451 e. The molecule has 0 saturated carbocycles. The van der Waals surface area contributed by atoms with Crippen LogP contribution in [0.15, 0.2) is 88.2 Å². The van der Waals surface area contributed by atoms with E-state index in [2.05, 4.69) is 4.72 Å². The van der Waals surface area contributed by atoms with Gasteiger partial charge in [-0.3, -0.25) is 9.59 Å². The lowest BCUT2D eigenvalue weighted by molar-refractivity contribution is -0.117. The molecule has 2 heterocycles. The quantitative estimate of drug-likeness (QED) is 0.478. The van der Waals surface area contributed by atoms with E-state index in [0.29, 0.717) is 35.2 Å². The molecule has 2 amide bonds. The van der Waals surface area contributed by atoms with Crippen molar-refractivity contribution in [2.75, 3.05) is 11.4 Å². The Labute approximate surface area is 190 Å². The van der Waals surface area contributed by atoms with Gasteiger partial charge in [-0.25, -0.2) is 13.1 Å². The van der Waals surface area contributed by atoms with Crippen molar-refractivity contribution in [3.63, 3.8) is 0 Å². The number of nitrogens with one attached hydrogen (secondary N) is 1. The molecule has 0 aliphatic carbocycles. The Morgan fingerprint density at radius 2 is 1.70 bits per heavy atom. The van der Waals surface area contributed by atoms with Crippen molar-refractivity contribution < 1.29 is 22.4 Å². The fraction of sp³-hybridized carbons (Fsp3) is 0.120. The van der Waals surface area contributed by atoms with Crippen LogP contribution in [0.2, 0.25) is 0 Å². The molecule has 3 aromatic carbocycles. The van der Waals surface area contributed by atoms with Crippen LogP contribution >= 0.6 is 0 Å². The third-order valence-electron chi connectivity index (χ3n) is 5.60. The molecule has 4 aromatic rings. The first kappa shape index (κ1) is 21.0. The van der Waals surface area contributed by atoms with Crippen LogP contribution in [0.5, 0.6) is 0 Å². The van der Waals surface area contributed by atoms with Gasteiger partial charge in [0, 0.05) is 35.7 Å². The Kier molecular flexibility index (Phi) is 5.22. The van der Waals surface area contributed by atoms with E-state index in [9.17, 15) is 18.0 Å². The van der Waals surface area contributed by atoms with Gasteiger partial charge in [0.25, 0.3) is 10.0 Å². The number of anilines is 1. The lowest BCUT2D eigenvalue weighted by Gasteiger charge is -2.15. The van der Waals surface area contributed by atoms with Crippen LogP contribution in [-0.2, 0) is 14.8 Å². The molecule has 5 rings (SSSR count). The fourth-order valence-corrected chi connectivity index (χ4v) is 5.19. The van der Waals surface area contributed by atoms with Crippen molar-refractivity contribution in [2.24, 2.45) is 0 Å². The number of benzene rings is 3. The van der Waals surface area contributed by atoms with Gasteiger partial charge in [-0.1, -0.05) is 48.5 Å². The molecule has 0 spiro atoms. The van der Waals surface area contributed by atoms with Crippen molar-refractivity contribution in [1.29, 1.82) is 0 Å². The van der Waals surface area contributed by atoms with Gasteiger partial charge in [0.15, 0.2) is 5.76 Å². The number of nitrogens with zero attached hydrogens (tertiary/aromatic N) is 1. The van der Waals surface area contributed by atoms with Gasteiger partial charge < -0.3 is 9.32 Å². The smallest absolute Gasteiger partial charge is 0.300 e. The summed E-state index contributed by atoms with van der Waals surface area (Å²) in [6, 6.07) is 22.3. The highest BCUT2D eigenvalue weighted by atomic mass is 32.2. The van der Waals surface area contributed by atoms with Crippen LogP contribution in [0, 0.1) is 0 Å². The van der Waals surface area contributed by atoms with E-state index in [-0.39, 0.29) is 16.6 Å². The standard InChI is InChI=1S/C25H20N2O5S/c28-24-11-6-14-27(24)19-13-12-18-15-22(32-21(18)16-19)25(29)26-33(30,31)23-10-5-4-9-20(23)17-7-2-1-3-8-17/h1-5,7-10,12-13,15-16H,6,11,14H2,(H,26,29). The molecule has 1 N–H and O–H groups in total. The number of fused-ring (bicyclic) bond motifs is 1. The van der Waals surface area contributed by atoms with Crippen LogP contribution < -0.4 is 9.62 Å². The maximum absolute atomic E-state index is 13.1. The number of hydrogen-bond acceptors (Lipinski definition) is 5. The zero-order chi connectivity index (χ0) is 23.0. The third kappa shape index (κ3) is 4.01. The molecular weight excluding hydrogens is 440 g/mol. The van der Waals surface area contributed by atoms with Gasteiger partial charge in [-0.2, -0.15) is 0 Å². The average molecular weight is 461 g/mol. The number of hydrogen-bond donors (Lipinski definition) is 1. The van der Waals surface area contributed by atoms with Crippen LogP contribution in [0.1, 0.15) is 23.4 Å². The van der Waals surface area contributed by atoms with Gasteiger partial charge >= 0.3 is 5.91 Å². The first-order chi connectivity index (χ1) is 15.9. The Bertz CT molecular complexity index is 1480. The van der Waals surface area contributed by atoms with Gasteiger partial charge in [0.2, 0.25) is 5.91 Å². The summed E-state index contributed by atoms with van der Waals surface area (Å²) in [6.07, 6.45) is 1.30. The van der Waals surface area contributed by atoms with E-state index in [4.69, 9.17) is 4.42 Å². The zero-order valence-electron chi connectivity index (χ0n) is 17.5. The topological polar surface area (TPSA) is 96.7 Å². The van der Waals surface area contributed by atoms with Crippen molar-refractivity contribution in [1.82, 2.24) is 4.72 Å². The highest BCUT2D eigenvalue weighted by Crippen LogP contribution is 2.29. The third-order valence-corrected chi connectivity index (χ3v) is 6.99. The number of sulfonamides is 1. The summed E-state index contributed by atoms with van der Waals surface area (Å²) in [7, 11) is -4.16. The summed E-state index contributed by atoms with van der Waals surface area (Å²) < 4.78 is 33.9. The average Bonchev–Trinajstić information content (AvgIpc) is 3.45. The second-order valence-corrected chi connectivity index (χ2v) is 9.43. The molecule has 1 aromatic heterocycles. The minimum atomic E-state index is -4.16. The maximum atomic E-state index is 13.1. The molecular formula is C25H20N2O5S. The number of carbonyl (C=O) groups is 2. The second-order valence-electron chi connectivity index (χ2n) is 7.78. The van der Waals surface area contributed by atoms with E-state index in [0.717, 1.165) is 12.0 Å². The molecule has 0 unspecified atom stereocenters. The predicted molar refractivity (Wildman–Crippen MR) is 124 cm³/mol. The molecule has 0 atom stereocenters. The molecule has 0 radical (unpaired) electrons. The summed E-state index contributed by atoms with van der Waals surface area (Å²) >= 11 is 0. The summed E-state index contributed by atoms with van der Waals surface area (Å²) in [6.45, 7) is 0.636. The Morgan fingerprint density at radius 1 is 0.939 bits per heavy atom. The Hall–Kier alpha value is -3.91. The van der Waals surface area contributed by atoms with Gasteiger partial charge in [0.1, 0.15) is 5.58 Å². The minimum Gasteiger partial charge on any atom is -0.451 e. The molecule has 1 saturated heterocycles. The van der Waals surface area contributed by atoms with Crippen molar-refractivity contribution in [2.45, 2.75) is 17.7 Å². The summed E-state index contributed by atoms with van der Waals surface area (Å²) in [5.41, 5.74) is 2.30. The van der Waals surface area contributed by atoms with Crippen LogP contribution in [0.3, 0.4) is 0 Å². The van der Waals surface area contributed by atoms with Gasteiger partial charge in [-0.05, 0) is 36.2 Å². The molecule has 7 nitrogen and oxygen atoms in total. The van der Waals surface area contributed by atoms with E-state index in [1.807, 2.05) is 18.2 Å². The fourth-order valence-electron chi connectivity index (χ4n) is 4.01. The summed E-state index contributed by atoms with van der Waals surface area (Å²) in [4.78, 5) is 26.5. The van der Waals surface area contributed by atoms with Crippen molar-refractivity contribution in [3.05, 3.63) is 84.6 Å². The number of amides is 2. The maximum Gasteiger partial charge on any atom is 0.300 e. The lowest BCUT2D eigenvalue weighted by atomic mass is 10.1. The highest BCUT2D eigenvalue weighted by molar-refractivity contribution is 7.90. The first-order valence-corrected chi connectivity index (χ1v) is 12.0. The molecule has 1 fully saturated rings. The second kappa shape index (κ2) is 8.22. The number of carbonyl (C=O) groups excluding carboxylic acids is 2. The Balaban J connectivity index is 1.43. The van der Waals surface area contributed by atoms with E-state index in [1.165, 1.54) is 12.1 Å². The normalized spacial score (nSPS) is 14.1. The first-order valence-electron chi connectivity index (χ1n) is 10.5. The van der Waals surface area contributed by atoms with Gasteiger partial charge in [0.05, 0.1) is 4.90 Å². The van der Waals surface area contributed by atoms with E-state index >= 15 is 0 Å². The van der Waals surface area contributed by atoms with Crippen LogP contribution in [-0.4, -0.2) is 26.8 Å². The molecule has 0 bridgehead atoms. The van der Waals surface area contributed by atoms with Crippen molar-refractivity contribution >= 4 is 38.5 Å². The molecule has 1 aliphatic rings. The van der Waals surface area contributed by atoms with E-state index < -0.39 is 15.9 Å². The molecule has 166 valence electrons. The zero-order valence-corrected chi connectivity index (χ0v) is 18.3. The molecule has 1 aliphatic heterocycles. The summed E-state index contributed by atoms with van der Waals surface area (Å²) in [5, 5.41) is 0.637. The Morgan fingerprint density at radius 3 is 2.45 bits per heavy atom. The van der Waals surface area contributed by atoms with E-state index in [1.54, 1.807) is 53.4 Å². The molecule has 33 heavy (non-hydrogen) atoms. The minimum absolute atomic E-state index is 0.00417. The SMILES string of the molecule is O=C(NS(=O)(=O)c1ccccc1-c1ccccc1)c1cc2ccc(N3CCCC3=O)cc2o1. The van der Waals surface area contributed by atoms with Crippen LogP contribution in [0.4, 0.5) is 5.69 Å². The number of furan rings is 1. The van der Waals surface area contributed by atoms with Crippen molar-refractivity contribution in [3.8, 4) is 11.1 Å². The predicted octanol–water partition coefficient (Wildman–Crippen LogP) is 4.35. The number of rotatable bonds is 5. The lowest BCUT2D eigenvalue weighted by Crippen LogP contribution is -2.30.